The number of anilines is 1. The van der Waals surface area contributed by atoms with Crippen molar-refractivity contribution in [3.05, 3.63) is 24.0 Å². The highest BCUT2D eigenvalue weighted by Gasteiger charge is 2.27. The summed E-state index contributed by atoms with van der Waals surface area (Å²) < 4.78 is 0. The van der Waals surface area contributed by atoms with Gasteiger partial charge in [0.15, 0.2) is 0 Å². The highest BCUT2D eigenvalue weighted by Crippen LogP contribution is 2.30. The molecule has 0 saturated heterocycles. The number of rotatable bonds is 5. The number of hydrogen-bond donors (Lipinski definition) is 2. The molecule has 2 atom stereocenters. The molecule has 5 heteroatoms. The van der Waals surface area contributed by atoms with E-state index in [1.807, 2.05) is 19.1 Å². The maximum absolute atomic E-state index is 11.9. The molecular formula is C16H26N4O. The Bertz CT molecular complexity index is 477. The van der Waals surface area contributed by atoms with E-state index in [9.17, 15) is 4.79 Å². The Balaban J connectivity index is 2.16. The average molecular weight is 290 g/mol. The minimum Gasteiger partial charge on any atom is -0.371 e. The Morgan fingerprint density at radius 3 is 2.95 bits per heavy atom. The van der Waals surface area contributed by atoms with Gasteiger partial charge in [0.2, 0.25) is 0 Å². The summed E-state index contributed by atoms with van der Waals surface area (Å²) in [6.07, 6.45) is 6.58. The van der Waals surface area contributed by atoms with Crippen LogP contribution >= 0.6 is 0 Å². The largest absolute Gasteiger partial charge is 0.371 e. The number of carbonyl (C=O) groups is 1. The van der Waals surface area contributed by atoms with Crippen LogP contribution in [0.1, 0.15) is 43.1 Å². The van der Waals surface area contributed by atoms with Gasteiger partial charge in [-0.15, -0.1) is 0 Å². The Hall–Kier alpha value is -1.62. The fourth-order valence-corrected chi connectivity index (χ4v) is 3.18. The third kappa shape index (κ3) is 3.73. The van der Waals surface area contributed by atoms with E-state index < -0.39 is 0 Å². The van der Waals surface area contributed by atoms with E-state index in [1.165, 1.54) is 19.3 Å². The quantitative estimate of drug-likeness (QED) is 0.867. The van der Waals surface area contributed by atoms with Crippen molar-refractivity contribution in [2.45, 2.75) is 38.6 Å². The molecule has 5 nitrogen and oxygen atoms in total. The molecule has 3 N–H and O–H groups in total. The summed E-state index contributed by atoms with van der Waals surface area (Å²) >= 11 is 0. The maximum Gasteiger partial charge on any atom is 0.269 e. The first-order valence-corrected chi connectivity index (χ1v) is 7.84. The summed E-state index contributed by atoms with van der Waals surface area (Å²) in [5, 5.41) is 2.79. The molecule has 1 aromatic heterocycles. The molecule has 2 unspecified atom stereocenters. The molecule has 1 aromatic rings. The SMILES string of the molecule is CCNC(=O)c1cc(N(C)C2CCCCC2CN)ccn1. The van der Waals surface area contributed by atoms with Crippen LogP contribution in [0.25, 0.3) is 0 Å². The second-order valence-electron chi connectivity index (χ2n) is 5.72. The van der Waals surface area contributed by atoms with Gasteiger partial charge in [-0.1, -0.05) is 12.8 Å². The van der Waals surface area contributed by atoms with Crippen molar-refractivity contribution in [2.75, 3.05) is 25.0 Å². The molecular weight excluding hydrogens is 264 g/mol. The van der Waals surface area contributed by atoms with Crippen molar-refractivity contribution in [1.82, 2.24) is 10.3 Å². The van der Waals surface area contributed by atoms with Crippen molar-refractivity contribution in [3.63, 3.8) is 0 Å². The highest BCUT2D eigenvalue weighted by molar-refractivity contribution is 5.93. The predicted octanol–water partition coefficient (Wildman–Crippen LogP) is 1.78. The van der Waals surface area contributed by atoms with Crippen molar-refractivity contribution < 1.29 is 4.79 Å². The van der Waals surface area contributed by atoms with Crippen LogP contribution < -0.4 is 16.0 Å². The van der Waals surface area contributed by atoms with Crippen LogP contribution in [-0.4, -0.2) is 37.1 Å². The molecule has 1 saturated carbocycles. The van der Waals surface area contributed by atoms with Gasteiger partial charge in [-0.25, -0.2) is 0 Å². The predicted molar refractivity (Wildman–Crippen MR) is 85.4 cm³/mol. The van der Waals surface area contributed by atoms with Gasteiger partial charge in [0.25, 0.3) is 5.91 Å². The first-order chi connectivity index (χ1) is 10.2. The monoisotopic (exact) mass is 290 g/mol. The van der Waals surface area contributed by atoms with Gasteiger partial charge in [0, 0.05) is 31.5 Å². The van der Waals surface area contributed by atoms with E-state index in [-0.39, 0.29) is 5.91 Å². The molecule has 1 heterocycles. The molecule has 0 aromatic carbocycles. The second kappa shape index (κ2) is 7.41. The number of nitrogens with two attached hydrogens (primary N) is 1. The van der Waals surface area contributed by atoms with Gasteiger partial charge in [-0.2, -0.15) is 0 Å². The van der Waals surface area contributed by atoms with E-state index in [0.717, 1.165) is 18.7 Å². The number of aromatic nitrogens is 1. The number of nitrogens with zero attached hydrogens (tertiary/aromatic N) is 2. The molecule has 1 amide bonds. The number of nitrogens with one attached hydrogen (secondary N) is 1. The lowest BCUT2D eigenvalue weighted by Gasteiger charge is -2.38. The summed E-state index contributed by atoms with van der Waals surface area (Å²) in [5.74, 6) is 0.414. The van der Waals surface area contributed by atoms with Crippen LogP contribution in [0.5, 0.6) is 0 Å². The zero-order valence-electron chi connectivity index (χ0n) is 13.0. The Morgan fingerprint density at radius 1 is 1.48 bits per heavy atom. The standard InChI is InChI=1S/C16H26N4O/c1-3-18-16(21)14-10-13(8-9-19-14)20(2)15-7-5-4-6-12(15)11-17/h8-10,12,15H,3-7,11,17H2,1-2H3,(H,18,21). The lowest BCUT2D eigenvalue weighted by Crippen LogP contribution is -2.43. The second-order valence-corrected chi connectivity index (χ2v) is 5.72. The van der Waals surface area contributed by atoms with Gasteiger partial charge in [0.1, 0.15) is 5.69 Å². The Labute approximate surface area is 126 Å². The van der Waals surface area contributed by atoms with Crippen LogP contribution in [0, 0.1) is 5.92 Å². The average Bonchev–Trinajstić information content (AvgIpc) is 2.54. The van der Waals surface area contributed by atoms with Crippen LogP contribution in [0.2, 0.25) is 0 Å². The molecule has 0 spiro atoms. The number of amides is 1. The first-order valence-electron chi connectivity index (χ1n) is 7.84. The first kappa shape index (κ1) is 15.8. The Kier molecular flexibility index (Phi) is 5.56. The fraction of sp³-hybridized carbons (Fsp3) is 0.625. The Morgan fingerprint density at radius 2 is 2.24 bits per heavy atom. The molecule has 116 valence electrons. The van der Waals surface area contributed by atoms with E-state index in [0.29, 0.717) is 24.2 Å². The number of pyridine rings is 1. The van der Waals surface area contributed by atoms with Crippen molar-refractivity contribution >= 4 is 11.6 Å². The molecule has 2 rings (SSSR count). The molecule has 0 aliphatic heterocycles. The lowest BCUT2D eigenvalue weighted by molar-refractivity contribution is 0.0951. The third-order valence-corrected chi connectivity index (χ3v) is 4.39. The van der Waals surface area contributed by atoms with Gasteiger partial charge >= 0.3 is 0 Å². The van der Waals surface area contributed by atoms with Crippen LogP contribution in [-0.2, 0) is 0 Å². The molecule has 1 aliphatic rings. The molecule has 0 bridgehead atoms. The molecule has 1 fully saturated rings. The fourth-order valence-electron chi connectivity index (χ4n) is 3.18. The van der Waals surface area contributed by atoms with Crippen molar-refractivity contribution in [3.8, 4) is 0 Å². The molecule has 0 radical (unpaired) electrons. The van der Waals surface area contributed by atoms with Crippen molar-refractivity contribution in [2.24, 2.45) is 11.7 Å². The van der Waals surface area contributed by atoms with Gasteiger partial charge in [-0.05, 0) is 44.4 Å². The van der Waals surface area contributed by atoms with E-state index in [1.54, 1.807) is 6.20 Å². The normalized spacial score (nSPS) is 21.9. The van der Waals surface area contributed by atoms with E-state index in [4.69, 9.17) is 5.73 Å². The van der Waals surface area contributed by atoms with E-state index >= 15 is 0 Å². The van der Waals surface area contributed by atoms with Crippen LogP contribution in [0.4, 0.5) is 5.69 Å². The van der Waals surface area contributed by atoms with Gasteiger partial charge < -0.3 is 16.0 Å². The maximum atomic E-state index is 11.9. The summed E-state index contributed by atoms with van der Waals surface area (Å²) in [7, 11) is 2.09. The van der Waals surface area contributed by atoms with Crippen LogP contribution in [0.15, 0.2) is 18.3 Å². The zero-order chi connectivity index (χ0) is 15.2. The molecule has 1 aliphatic carbocycles. The smallest absolute Gasteiger partial charge is 0.269 e. The summed E-state index contributed by atoms with van der Waals surface area (Å²) in [6, 6.07) is 4.28. The number of hydrogen-bond acceptors (Lipinski definition) is 4. The summed E-state index contributed by atoms with van der Waals surface area (Å²) in [4.78, 5) is 18.3. The molecule has 21 heavy (non-hydrogen) atoms. The topological polar surface area (TPSA) is 71.2 Å². The van der Waals surface area contributed by atoms with Gasteiger partial charge in [-0.3, -0.25) is 9.78 Å². The minimum atomic E-state index is -0.119. The third-order valence-electron chi connectivity index (χ3n) is 4.39. The van der Waals surface area contributed by atoms with Crippen molar-refractivity contribution in [1.29, 1.82) is 0 Å². The zero-order valence-corrected chi connectivity index (χ0v) is 13.0. The summed E-state index contributed by atoms with van der Waals surface area (Å²) in [6.45, 7) is 3.24. The number of carbonyl (C=O) groups excluding carboxylic acids is 1. The van der Waals surface area contributed by atoms with Crippen LogP contribution in [0.3, 0.4) is 0 Å². The lowest BCUT2D eigenvalue weighted by atomic mass is 9.83. The van der Waals surface area contributed by atoms with Gasteiger partial charge in [0.05, 0.1) is 0 Å². The van der Waals surface area contributed by atoms with E-state index in [2.05, 4.69) is 22.2 Å². The summed E-state index contributed by atoms with van der Waals surface area (Å²) in [5.41, 5.74) is 7.44. The minimum absolute atomic E-state index is 0.119. The highest BCUT2D eigenvalue weighted by atomic mass is 16.1.